The van der Waals surface area contributed by atoms with E-state index in [1.54, 1.807) is 0 Å². The zero-order chi connectivity index (χ0) is 61.2. The van der Waals surface area contributed by atoms with Crippen molar-refractivity contribution in [2.45, 2.75) is 61.4 Å². The van der Waals surface area contributed by atoms with Crippen LogP contribution in [0.15, 0.2) is 121 Å². The SMILES string of the molecule is COC(=O)[C@H]1NC(=O)C2NC(=O)[C@H](NC(=O)[C@@H]3NC(=O)[C@H]4NC(=O)[C@H](NC(=O)[C@@H](N)c5ccc(O)c(c5)Oc5cc4cc(O)c5C)[C@H](O)c4ccc(cc4)Oc4cc3cc(c4O)Oc3ccc(cc3)C2O)c2ccc(O)c(c2)-c2c(O)cc(O)cc21. The summed E-state index contributed by atoms with van der Waals surface area (Å²) in [6, 6.07) is 10.1. The van der Waals surface area contributed by atoms with E-state index in [4.69, 9.17) is 24.7 Å². The molecule has 7 aromatic carbocycles. The lowest BCUT2D eigenvalue weighted by molar-refractivity contribution is -0.146. The molecule has 0 aromatic heterocycles. The van der Waals surface area contributed by atoms with E-state index in [0.717, 1.165) is 55.6 Å². The molecule has 6 aliphatic heterocycles. The van der Waals surface area contributed by atoms with Gasteiger partial charge in [-0.15, -0.1) is 0 Å². The minimum atomic E-state index is -2.14. The molecule has 0 spiro atoms. The third-order valence-electron chi connectivity index (χ3n) is 15.1. The number of aliphatic hydroxyl groups is 2. The average Bonchev–Trinajstić information content (AvgIpc) is 2.08. The number of aliphatic hydroxyl groups excluding tert-OH is 2. The van der Waals surface area contributed by atoms with E-state index in [-0.39, 0.29) is 78.6 Å². The summed E-state index contributed by atoms with van der Waals surface area (Å²) in [5, 5.41) is 107. The Labute approximate surface area is 485 Å². The van der Waals surface area contributed by atoms with Crippen molar-refractivity contribution in [1.29, 1.82) is 0 Å². The zero-order valence-corrected chi connectivity index (χ0v) is 44.9. The number of phenols is 6. The number of carbonyl (C=O) groups is 7. The van der Waals surface area contributed by atoms with Crippen molar-refractivity contribution in [2.75, 3.05) is 7.11 Å². The lowest BCUT2D eigenvalue weighted by atomic mass is 9.89. The van der Waals surface area contributed by atoms with Crippen LogP contribution in [0.1, 0.15) is 86.9 Å². The Morgan fingerprint density at radius 1 is 0.465 bits per heavy atom. The molecule has 440 valence electrons. The second-order valence-electron chi connectivity index (χ2n) is 20.5. The molecule has 26 nitrogen and oxygen atoms in total. The highest BCUT2D eigenvalue weighted by atomic mass is 16.5. The zero-order valence-electron chi connectivity index (χ0n) is 44.9. The van der Waals surface area contributed by atoms with Crippen LogP contribution in [0, 0.1) is 6.92 Å². The van der Waals surface area contributed by atoms with Crippen molar-refractivity contribution in [2.24, 2.45) is 5.73 Å². The van der Waals surface area contributed by atoms with Gasteiger partial charge in [-0.3, -0.25) is 28.8 Å². The first-order valence-electron chi connectivity index (χ1n) is 26.2. The fourth-order valence-corrected chi connectivity index (χ4v) is 10.4. The third kappa shape index (κ3) is 10.6. The van der Waals surface area contributed by atoms with Gasteiger partial charge < -0.3 is 97.4 Å². The van der Waals surface area contributed by atoms with E-state index in [2.05, 4.69) is 31.9 Å². The lowest BCUT2D eigenvalue weighted by Gasteiger charge is -2.31. The first-order chi connectivity index (χ1) is 41.0. The van der Waals surface area contributed by atoms with Gasteiger partial charge in [-0.25, -0.2) is 4.79 Å². The van der Waals surface area contributed by atoms with Gasteiger partial charge in [-0.1, -0.05) is 36.4 Å². The minimum Gasteiger partial charge on any atom is -0.508 e. The summed E-state index contributed by atoms with van der Waals surface area (Å²) in [6.45, 7) is 1.42. The molecular weight excluding hydrogens is 1120 g/mol. The fourth-order valence-electron chi connectivity index (χ4n) is 10.4. The molecule has 0 fully saturated rings. The predicted molar refractivity (Wildman–Crippen MR) is 295 cm³/mol. The topological polar surface area (TPSA) is 416 Å². The van der Waals surface area contributed by atoms with Gasteiger partial charge in [-0.05, 0) is 119 Å². The van der Waals surface area contributed by atoms with Gasteiger partial charge in [0.2, 0.25) is 41.2 Å². The Balaban J connectivity index is 1.14. The van der Waals surface area contributed by atoms with Gasteiger partial charge in [-0.2, -0.15) is 0 Å². The van der Waals surface area contributed by atoms with Crippen molar-refractivity contribution < 1.29 is 93.4 Å². The standard InChI is InChI=1S/C60H51N7O19/c1-23-37(71)16-28-18-39(23)86-40-17-26(7-14-36(40)70)44(61)54(76)66-49-51(73)24-3-9-31(10-4-24)84-41-19-29-20-42(53(41)75)85-32-11-5-25(6-12-32)52(74)50-59(81)65-48(60(82)83-2)34-21-30(68)22-38(72)43(34)33-15-27(8-13-35(33)69)45(55(77)67-50)62-57(79)47(29)63-56(78)46(28)64-58(49)80/h3-22,44-52,68-75H,61H2,1-2H3,(H,62,79)(H,63,78)(H,64,80)(H,65,81)(H,66,76)(H,67,77)/t44-,45+,46-,47+,48-,49+,50?,51+,52?/m0/s1. The summed E-state index contributed by atoms with van der Waals surface area (Å²) in [6.07, 6.45) is -3.93. The van der Waals surface area contributed by atoms with Gasteiger partial charge in [0.25, 0.3) is 0 Å². The number of nitrogens with two attached hydrogens (primary N) is 1. The van der Waals surface area contributed by atoms with Crippen molar-refractivity contribution in [3.63, 3.8) is 0 Å². The number of nitrogens with one attached hydrogen (secondary N) is 6. The molecule has 26 heteroatoms. The number of ether oxygens (including phenoxy) is 4. The number of hydrogen-bond acceptors (Lipinski definition) is 20. The van der Waals surface area contributed by atoms with Gasteiger partial charge >= 0.3 is 5.97 Å². The number of carbonyl (C=O) groups excluding carboxylic acids is 7. The number of phenolic OH excluding ortho intramolecular Hbond substituents is 6. The largest absolute Gasteiger partial charge is 0.508 e. The Kier molecular flexibility index (Phi) is 14.7. The molecule has 6 amide bonds. The van der Waals surface area contributed by atoms with Crippen LogP contribution in [0.25, 0.3) is 11.1 Å². The molecule has 86 heavy (non-hydrogen) atoms. The Bertz CT molecular complexity index is 3990. The summed E-state index contributed by atoms with van der Waals surface area (Å²) in [4.78, 5) is 104. The smallest absolute Gasteiger partial charge is 0.333 e. The number of amides is 6. The summed E-state index contributed by atoms with van der Waals surface area (Å²) in [7, 11) is 0.974. The van der Waals surface area contributed by atoms with Crippen molar-refractivity contribution in [1.82, 2.24) is 31.9 Å². The van der Waals surface area contributed by atoms with Gasteiger partial charge in [0.15, 0.2) is 29.0 Å². The van der Waals surface area contributed by atoms with E-state index in [9.17, 15) is 60.0 Å². The summed E-state index contributed by atoms with van der Waals surface area (Å²) >= 11 is 0. The number of esters is 1. The highest BCUT2D eigenvalue weighted by molar-refractivity contribution is 6.00. The number of fused-ring (bicyclic) bond motifs is 14. The van der Waals surface area contributed by atoms with E-state index in [1.165, 1.54) is 79.7 Å². The fraction of sp³-hybridized carbons (Fsp3) is 0.183. The summed E-state index contributed by atoms with van der Waals surface area (Å²) < 4.78 is 23.5. The van der Waals surface area contributed by atoms with E-state index >= 15 is 14.4 Å². The van der Waals surface area contributed by atoms with Crippen LogP contribution in [0.4, 0.5) is 0 Å². The number of methoxy groups -OCH3 is 1. The quantitative estimate of drug-likeness (QED) is 0.104. The number of benzene rings is 7. The van der Waals surface area contributed by atoms with Crippen molar-refractivity contribution in [3.05, 3.63) is 166 Å². The number of rotatable bonds is 1. The predicted octanol–water partition coefficient (Wildman–Crippen LogP) is 3.57. The van der Waals surface area contributed by atoms with Crippen LogP contribution in [-0.4, -0.2) is 101 Å². The van der Waals surface area contributed by atoms with E-state index in [0.29, 0.717) is 0 Å². The highest BCUT2D eigenvalue weighted by Gasteiger charge is 2.42. The van der Waals surface area contributed by atoms with E-state index < -0.39 is 142 Å². The van der Waals surface area contributed by atoms with Crippen LogP contribution in [-0.2, 0) is 38.3 Å². The third-order valence-corrected chi connectivity index (χ3v) is 15.1. The molecule has 13 rings (SSSR count). The number of hydrogen-bond donors (Lipinski definition) is 15. The Morgan fingerprint density at radius 3 is 1.53 bits per heavy atom. The second-order valence-corrected chi connectivity index (χ2v) is 20.5. The Morgan fingerprint density at radius 2 is 0.942 bits per heavy atom. The number of aromatic hydroxyl groups is 6. The highest BCUT2D eigenvalue weighted by Crippen LogP contribution is 2.47. The monoisotopic (exact) mass is 1170 g/mol. The van der Waals surface area contributed by atoms with E-state index in [1.807, 2.05) is 0 Å². The molecule has 16 N–H and O–H groups in total. The summed E-state index contributed by atoms with van der Waals surface area (Å²) in [5.41, 5.74) is 4.64. The van der Waals surface area contributed by atoms with Crippen LogP contribution in [0.2, 0.25) is 0 Å². The molecule has 0 aliphatic carbocycles. The normalized spacial score (nSPS) is 22.7. The van der Waals surface area contributed by atoms with Crippen LogP contribution >= 0.6 is 0 Å². The molecule has 0 radical (unpaired) electrons. The molecule has 0 saturated heterocycles. The molecule has 0 saturated carbocycles. The molecular formula is C60H51N7O19. The average molecular weight is 1170 g/mol. The minimum absolute atomic E-state index is 0.00535. The van der Waals surface area contributed by atoms with Gasteiger partial charge in [0.05, 0.1) is 7.11 Å². The molecule has 9 atom stereocenters. The van der Waals surface area contributed by atoms with Gasteiger partial charge in [0, 0.05) is 28.3 Å². The van der Waals surface area contributed by atoms with Crippen LogP contribution in [0.3, 0.4) is 0 Å². The maximum atomic E-state index is 15.7. The molecule has 17 bridgehead atoms. The first-order valence-corrected chi connectivity index (χ1v) is 26.2. The van der Waals surface area contributed by atoms with Crippen molar-refractivity contribution >= 4 is 41.4 Å². The molecule has 2 unspecified atom stereocenters. The first kappa shape index (κ1) is 56.8. The molecule has 7 aromatic rings. The molecule has 6 aliphatic rings. The molecule has 6 heterocycles. The van der Waals surface area contributed by atoms with Crippen LogP contribution in [0.5, 0.6) is 69.0 Å². The Hall–Kier alpha value is -11.1. The van der Waals surface area contributed by atoms with Gasteiger partial charge in [0.1, 0.15) is 88.7 Å². The van der Waals surface area contributed by atoms with Crippen LogP contribution < -0.4 is 51.8 Å². The second kappa shape index (κ2) is 22.2. The van der Waals surface area contributed by atoms with Crippen molar-refractivity contribution in [3.8, 4) is 80.1 Å². The summed E-state index contributed by atoms with van der Waals surface area (Å²) in [5.74, 6) is -13.7. The maximum Gasteiger partial charge on any atom is 0.333 e. The maximum absolute atomic E-state index is 15.7. The lowest BCUT2D eigenvalue weighted by Crippen LogP contribution is -2.55.